The molecule has 0 bridgehead atoms. The number of benzene rings is 1. The summed E-state index contributed by atoms with van der Waals surface area (Å²) in [5.41, 5.74) is 6.95. The van der Waals surface area contributed by atoms with Crippen LogP contribution in [0.15, 0.2) is 24.8 Å². The third-order valence-electron chi connectivity index (χ3n) is 2.54. The Morgan fingerprint density at radius 1 is 1.18 bits per heavy atom. The molecule has 0 heterocycles. The Morgan fingerprint density at radius 3 is 2.06 bits per heavy atom. The molecular formula is C13H19NO3. The molecule has 94 valence electrons. The van der Waals surface area contributed by atoms with Crippen LogP contribution in [0.4, 0.5) is 0 Å². The molecule has 0 fully saturated rings. The normalized spacial score (nSPS) is 11.8. The largest absolute Gasteiger partial charge is 0.493 e. The smallest absolute Gasteiger partial charge is 0.203 e. The molecule has 0 saturated heterocycles. The Morgan fingerprint density at radius 2 is 1.71 bits per heavy atom. The minimum atomic E-state index is -0.124. The highest BCUT2D eigenvalue weighted by atomic mass is 16.5. The SMILES string of the molecule is C=CC[C@H](N)c1cc(OC)c(OC)c(OC)c1. The lowest BCUT2D eigenvalue weighted by Crippen LogP contribution is -2.10. The monoisotopic (exact) mass is 237 g/mol. The maximum Gasteiger partial charge on any atom is 0.203 e. The zero-order valence-electron chi connectivity index (χ0n) is 10.5. The van der Waals surface area contributed by atoms with E-state index in [1.165, 1.54) is 0 Å². The maximum absolute atomic E-state index is 6.02. The third kappa shape index (κ3) is 2.91. The van der Waals surface area contributed by atoms with Gasteiger partial charge in [0.25, 0.3) is 0 Å². The highest BCUT2D eigenvalue weighted by Crippen LogP contribution is 2.39. The molecule has 0 aliphatic rings. The first-order valence-corrected chi connectivity index (χ1v) is 5.34. The van der Waals surface area contributed by atoms with Crippen molar-refractivity contribution in [2.24, 2.45) is 5.73 Å². The van der Waals surface area contributed by atoms with Crippen LogP contribution in [0.2, 0.25) is 0 Å². The molecule has 1 rings (SSSR count). The van der Waals surface area contributed by atoms with Gasteiger partial charge in [-0.15, -0.1) is 6.58 Å². The predicted octanol–water partition coefficient (Wildman–Crippen LogP) is 2.29. The van der Waals surface area contributed by atoms with Crippen molar-refractivity contribution in [3.63, 3.8) is 0 Å². The van der Waals surface area contributed by atoms with Crippen molar-refractivity contribution in [3.8, 4) is 17.2 Å². The van der Waals surface area contributed by atoms with Crippen LogP contribution in [-0.4, -0.2) is 21.3 Å². The van der Waals surface area contributed by atoms with Crippen LogP contribution in [0.25, 0.3) is 0 Å². The van der Waals surface area contributed by atoms with Crippen LogP contribution in [0, 0.1) is 0 Å². The molecule has 0 spiro atoms. The zero-order chi connectivity index (χ0) is 12.8. The average molecular weight is 237 g/mol. The lowest BCUT2D eigenvalue weighted by Gasteiger charge is -2.16. The second kappa shape index (κ2) is 6.15. The van der Waals surface area contributed by atoms with Gasteiger partial charge in [0, 0.05) is 6.04 Å². The standard InChI is InChI=1S/C13H19NO3/c1-5-6-10(14)9-7-11(15-2)13(17-4)12(8-9)16-3/h5,7-8,10H,1,6,14H2,2-4H3/t10-/m0/s1. The Hall–Kier alpha value is -1.68. The fraction of sp³-hybridized carbons (Fsp3) is 0.385. The highest BCUT2D eigenvalue weighted by molar-refractivity contribution is 5.54. The summed E-state index contributed by atoms with van der Waals surface area (Å²) >= 11 is 0. The molecule has 4 nitrogen and oxygen atoms in total. The van der Waals surface area contributed by atoms with Gasteiger partial charge in [-0.25, -0.2) is 0 Å². The van der Waals surface area contributed by atoms with E-state index in [0.29, 0.717) is 23.7 Å². The molecular weight excluding hydrogens is 218 g/mol. The molecule has 1 atom stereocenters. The van der Waals surface area contributed by atoms with Gasteiger partial charge in [0.1, 0.15) is 0 Å². The zero-order valence-corrected chi connectivity index (χ0v) is 10.5. The van der Waals surface area contributed by atoms with Gasteiger partial charge in [0.2, 0.25) is 5.75 Å². The Kier molecular flexibility index (Phi) is 4.84. The molecule has 0 radical (unpaired) electrons. The summed E-state index contributed by atoms with van der Waals surface area (Å²) in [6.07, 6.45) is 2.48. The molecule has 0 unspecified atom stereocenters. The van der Waals surface area contributed by atoms with Gasteiger partial charge in [0.15, 0.2) is 11.5 Å². The van der Waals surface area contributed by atoms with Gasteiger partial charge < -0.3 is 19.9 Å². The van der Waals surface area contributed by atoms with Crippen LogP contribution in [0.5, 0.6) is 17.2 Å². The quantitative estimate of drug-likeness (QED) is 0.771. The van der Waals surface area contributed by atoms with Crippen LogP contribution < -0.4 is 19.9 Å². The van der Waals surface area contributed by atoms with E-state index in [1.807, 2.05) is 12.1 Å². The van der Waals surface area contributed by atoms with Crippen LogP contribution >= 0.6 is 0 Å². The molecule has 2 N–H and O–H groups in total. The average Bonchev–Trinajstić information content (AvgIpc) is 2.37. The predicted molar refractivity (Wildman–Crippen MR) is 67.8 cm³/mol. The van der Waals surface area contributed by atoms with Gasteiger partial charge in [-0.1, -0.05) is 6.08 Å². The van der Waals surface area contributed by atoms with Gasteiger partial charge in [0.05, 0.1) is 21.3 Å². The first-order chi connectivity index (χ1) is 8.17. The number of nitrogens with two attached hydrogens (primary N) is 1. The lowest BCUT2D eigenvalue weighted by molar-refractivity contribution is 0.323. The van der Waals surface area contributed by atoms with Crippen molar-refractivity contribution in [1.82, 2.24) is 0 Å². The number of methoxy groups -OCH3 is 3. The second-order valence-corrected chi connectivity index (χ2v) is 3.59. The first-order valence-electron chi connectivity index (χ1n) is 5.34. The van der Waals surface area contributed by atoms with Crippen LogP contribution in [0.3, 0.4) is 0 Å². The molecule has 0 aliphatic heterocycles. The molecule has 0 aliphatic carbocycles. The van der Waals surface area contributed by atoms with Gasteiger partial charge in [-0.3, -0.25) is 0 Å². The molecule has 4 heteroatoms. The minimum absolute atomic E-state index is 0.124. The maximum atomic E-state index is 6.02. The topological polar surface area (TPSA) is 53.7 Å². The summed E-state index contributed by atoms with van der Waals surface area (Å²) < 4.78 is 15.8. The van der Waals surface area contributed by atoms with E-state index < -0.39 is 0 Å². The lowest BCUT2D eigenvalue weighted by atomic mass is 10.0. The summed E-state index contributed by atoms with van der Waals surface area (Å²) in [5.74, 6) is 1.80. The van der Waals surface area contributed by atoms with E-state index in [9.17, 15) is 0 Å². The van der Waals surface area contributed by atoms with Crippen molar-refractivity contribution in [2.45, 2.75) is 12.5 Å². The number of hydrogen-bond donors (Lipinski definition) is 1. The third-order valence-corrected chi connectivity index (χ3v) is 2.54. The van der Waals surface area contributed by atoms with Crippen molar-refractivity contribution in [1.29, 1.82) is 0 Å². The van der Waals surface area contributed by atoms with E-state index in [2.05, 4.69) is 6.58 Å². The molecule has 0 aromatic heterocycles. The summed E-state index contributed by atoms with van der Waals surface area (Å²) in [7, 11) is 4.74. The van der Waals surface area contributed by atoms with Crippen molar-refractivity contribution < 1.29 is 14.2 Å². The van der Waals surface area contributed by atoms with Crippen LogP contribution in [0.1, 0.15) is 18.0 Å². The summed E-state index contributed by atoms with van der Waals surface area (Å²) in [6.45, 7) is 3.68. The molecule has 0 saturated carbocycles. The van der Waals surface area contributed by atoms with E-state index in [-0.39, 0.29) is 6.04 Å². The fourth-order valence-corrected chi connectivity index (χ4v) is 1.63. The van der Waals surface area contributed by atoms with E-state index in [4.69, 9.17) is 19.9 Å². The van der Waals surface area contributed by atoms with E-state index in [1.54, 1.807) is 27.4 Å². The number of hydrogen-bond acceptors (Lipinski definition) is 4. The Bertz CT molecular complexity index is 365. The molecule has 0 amide bonds. The van der Waals surface area contributed by atoms with Gasteiger partial charge in [-0.05, 0) is 24.1 Å². The summed E-state index contributed by atoms with van der Waals surface area (Å²) in [4.78, 5) is 0. The van der Waals surface area contributed by atoms with Crippen LogP contribution in [-0.2, 0) is 0 Å². The minimum Gasteiger partial charge on any atom is -0.493 e. The first kappa shape index (κ1) is 13.4. The van der Waals surface area contributed by atoms with Crippen molar-refractivity contribution in [3.05, 3.63) is 30.4 Å². The number of rotatable bonds is 6. The van der Waals surface area contributed by atoms with Crippen molar-refractivity contribution in [2.75, 3.05) is 21.3 Å². The highest BCUT2D eigenvalue weighted by Gasteiger charge is 2.15. The Balaban J connectivity index is 3.21. The fourth-order valence-electron chi connectivity index (χ4n) is 1.63. The van der Waals surface area contributed by atoms with E-state index >= 15 is 0 Å². The Labute approximate surface area is 102 Å². The van der Waals surface area contributed by atoms with Crippen molar-refractivity contribution >= 4 is 0 Å². The number of ether oxygens (including phenoxy) is 3. The summed E-state index contributed by atoms with van der Waals surface area (Å²) in [5, 5.41) is 0. The van der Waals surface area contributed by atoms with Gasteiger partial charge in [-0.2, -0.15) is 0 Å². The second-order valence-electron chi connectivity index (χ2n) is 3.59. The van der Waals surface area contributed by atoms with Gasteiger partial charge >= 0.3 is 0 Å². The van der Waals surface area contributed by atoms with E-state index in [0.717, 1.165) is 5.56 Å². The molecule has 1 aromatic rings. The molecule has 17 heavy (non-hydrogen) atoms. The summed E-state index contributed by atoms with van der Waals surface area (Å²) in [6, 6.07) is 3.59. The molecule has 1 aromatic carbocycles.